The second kappa shape index (κ2) is 10.4. The first-order chi connectivity index (χ1) is 17.4. The number of primary amides is 1. The first kappa shape index (κ1) is 24.6. The van der Waals surface area contributed by atoms with Crippen molar-refractivity contribution in [1.29, 1.82) is 0 Å². The predicted octanol–water partition coefficient (Wildman–Crippen LogP) is 4.79. The Bertz CT molecular complexity index is 1310. The Labute approximate surface area is 210 Å². The van der Waals surface area contributed by atoms with Crippen molar-refractivity contribution in [1.82, 2.24) is 5.32 Å². The summed E-state index contributed by atoms with van der Waals surface area (Å²) in [4.78, 5) is 28.9. The molecule has 36 heavy (non-hydrogen) atoms. The molecular formula is C29H29N3O4. The van der Waals surface area contributed by atoms with Crippen molar-refractivity contribution in [2.24, 2.45) is 5.73 Å². The maximum atomic E-state index is 14.6. The first-order valence-electron chi connectivity index (χ1n) is 11.5. The number of dihydropyridines is 1. The third-order valence-electron chi connectivity index (χ3n) is 6.24. The Kier molecular flexibility index (Phi) is 7.10. The summed E-state index contributed by atoms with van der Waals surface area (Å²) in [5.74, 6) is -0.569. The minimum absolute atomic E-state index is 0.339. The van der Waals surface area contributed by atoms with Gasteiger partial charge >= 0.3 is 0 Å². The van der Waals surface area contributed by atoms with Crippen LogP contribution in [0.1, 0.15) is 25.3 Å². The first-order valence-corrected chi connectivity index (χ1v) is 11.5. The van der Waals surface area contributed by atoms with E-state index in [1.807, 2.05) is 73.7 Å². The summed E-state index contributed by atoms with van der Waals surface area (Å²) in [5.41, 5.74) is 9.71. The number of anilines is 2. The van der Waals surface area contributed by atoms with E-state index in [-0.39, 0.29) is 5.91 Å². The van der Waals surface area contributed by atoms with E-state index in [0.29, 0.717) is 45.4 Å². The molecule has 0 saturated carbocycles. The van der Waals surface area contributed by atoms with Crippen LogP contribution >= 0.6 is 0 Å². The number of para-hydroxylation sites is 4. The molecule has 0 radical (unpaired) electrons. The number of nitrogens with one attached hydrogen (secondary N) is 1. The Balaban J connectivity index is 1.98. The number of hydrogen-bond acceptors (Lipinski definition) is 5. The number of hydrogen-bond donors (Lipinski definition) is 2. The third-order valence-corrected chi connectivity index (χ3v) is 6.24. The zero-order valence-corrected chi connectivity index (χ0v) is 20.7. The van der Waals surface area contributed by atoms with Gasteiger partial charge in [-0.25, -0.2) is 0 Å². The summed E-state index contributed by atoms with van der Waals surface area (Å²) in [6, 6.07) is 24.0. The van der Waals surface area contributed by atoms with Crippen LogP contribution in [0.25, 0.3) is 0 Å². The SMILES string of the molecule is COc1ccccc1N(C(=O)C1=C(C)NC(C)=C(C(N)=O)C1c1ccccc1)c1ccccc1OC. The number of methoxy groups -OCH3 is 2. The van der Waals surface area contributed by atoms with E-state index in [2.05, 4.69) is 5.32 Å². The van der Waals surface area contributed by atoms with Crippen molar-refractivity contribution in [3.05, 3.63) is 107 Å². The highest BCUT2D eigenvalue weighted by atomic mass is 16.5. The van der Waals surface area contributed by atoms with E-state index >= 15 is 0 Å². The smallest absolute Gasteiger partial charge is 0.261 e. The molecule has 2 amide bonds. The quantitative estimate of drug-likeness (QED) is 0.504. The van der Waals surface area contributed by atoms with Gasteiger partial charge in [0.25, 0.3) is 5.91 Å². The van der Waals surface area contributed by atoms with Gasteiger partial charge in [0.1, 0.15) is 11.5 Å². The van der Waals surface area contributed by atoms with Gasteiger partial charge in [-0.3, -0.25) is 14.5 Å². The molecule has 4 rings (SSSR count). The van der Waals surface area contributed by atoms with Crippen molar-refractivity contribution in [2.75, 3.05) is 19.1 Å². The number of benzene rings is 3. The fourth-order valence-corrected chi connectivity index (χ4v) is 4.68. The Morgan fingerprint density at radius 3 is 1.72 bits per heavy atom. The summed E-state index contributed by atoms with van der Waals surface area (Å²) < 4.78 is 11.2. The van der Waals surface area contributed by atoms with E-state index in [1.54, 1.807) is 38.2 Å². The average molecular weight is 484 g/mol. The van der Waals surface area contributed by atoms with E-state index in [4.69, 9.17) is 15.2 Å². The Morgan fingerprint density at radius 1 is 0.750 bits per heavy atom. The van der Waals surface area contributed by atoms with Gasteiger partial charge in [0, 0.05) is 28.5 Å². The molecule has 0 bridgehead atoms. The molecule has 3 aromatic rings. The highest BCUT2D eigenvalue weighted by Crippen LogP contribution is 2.44. The van der Waals surface area contributed by atoms with Crippen LogP contribution in [0.4, 0.5) is 11.4 Å². The molecule has 0 aliphatic carbocycles. The lowest BCUT2D eigenvalue weighted by molar-refractivity contribution is -0.115. The van der Waals surface area contributed by atoms with Crippen LogP contribution in [0.3, 0.4) is 0 Å². The number of nitrogens with zero attached hydrogens (tertiary/aromatic N) is 1. The fraction of sp³-hybridized carbons (Fsp3) is 0.172. The lowest BCUT2D eigenvalue weighted by atomic mass is 9.79. The summed E-state index contributed by atoms with van der Waals surface area (Å²) in [7, 11) is 3.11. The Morgan fingerprint density at radius 2 is 1.22 bits per heavy atom. The molecule has 1 unspecified atom stereocenters. The number of ether oxygens (including phenoxy) is 2. The van der Waals surface area contributed by atoms with E-state index in [1.165, 1.54) is 0 Å². The van der Waals surface area contributed by atoms with Crippen molar-refractivity contribution >= 4 is 23.2 Å². The molecule has 1 atom stereocenters. The number of nitrogens with two attached hydrogens (primary N) is 1. The van der Waals surface area contributed by atoms with Crippen molar-refractivity contribution in [2.45, 2.75) is 19.8 Å². The minimum atomic E-state index is -0.663. The summed E-state index contributed by atoms with van der Waals surface area (Å²) in [6.07, 6.45) is 0. The predicted molar refractivity (Wildman–Crippen MR) is 140 cm³/mol. The van der Waals surface area contributed by atoms with Crippen LogP contribution in [0.2, 0.25) is 0 Å². The Hall–Kier alpha value is -4.52. The van der Waals surface area contributed by atoms with Crippen LogP contribution in [-0.4, -0.2) is 26.0 Å². The van der Waals surface area contributed by atoms with Gasteiger partial charge in [-0.2, -0.15) is 0 Å². The van der Waals surface area contributed by atoms with Gasteiger partial charge in [-0.1, -0.05) is 54.6 Å². The zero-order chi connectivity index (χ0) is 25.8. The second-order valence-electron chi connectivity index (χ2n) is 8.39. The van der Waals surface area contributed by atoms with Gasteiger partial charge in [0.05, 0.1) is 25.6 Å². The fourth-order valence-electron chi connectivity index (χ4n) is 4.68. The molecule has 184 valence electrons. The van der Waals surface area contributed by atoms with Crippen LogP contribution in [0.5, 0.6) is 11.5 Å². The zero-order valence-electron chi connectivity index (χ0n) is 20.7. The van der Waals surface area contributed by atoms with Crippen LogP contribution in [0, 0.1) is 0 Å². The van der Waals surface area contributed by atoms with Gasteiger partial charge in [-0.15, -0.1) is 0 Å². The van der Waals surface area contributed by atoms with Gasteiger partial charge in [-0.05, 0) is 43.7 Å². The topological polar surface area (TPSA) is 93.9 Å². The molecule has 3 aromatic carbocycles. The molecule has 0 aromatic heterocycles. The van der Waals surface area contributed by atoms with Gasteiger partial charge < -0.3 is 20.5 Å². The number of rotatable bonds is 7. The van der Waals surface area contributed by atoms with Crippen LogP contribution < -0.4 is 25.4 Å². The normalized spacial score (nSPS) is 15.3. The summed E-state index contributed by atoms with van der Waals surface area (Å²) in [5, 5.41) is 3.20. The molecule has 7 heteroatoms. The van der Waals surface area contributed by atoms with Gasteiger partial charge in [0.15, 0.2) is 0 Å². The average Bonchev–Trinajstić information content (AvgIpc) is 2.89. The number of carbonyl (C=O) groups excluding carboxylic acids is 2. The maximum absolute atomic E-state index is 14.6. The molecule has 7 nitrogen and oxygen atoms in total. The molecule has 3 N–H and O–H groups in total. The maximum Gasteiger partial charge on any atom is 0.261 e. The van der Waals surface area contributed by atoms with E-state index in [0.717, 1.165) is 5.56 Å². The summed E-state index contributed by atoms with van der Waals surface area (Å²) in [6.45, 7) is 3.62. The van der Waals surface area contributed by atoms with Crippen LogP contribution in [-0.2, 0) is 9.59 Å². The van der Waals surface area contributed by atoms with Crippen LogP contribution in [0.15, 0.2) is 101 Å². The van der Waals surface area contributed by atoms with Crippen molar-refractivity contribution in [3.63, 3.8) is 0 Å². The molecule has 0 fully saturated rings. The van der Waals surface area contributed by atoms with Crippen molar-refractivity contribution in [3.8, 4) is 11.5 Å². The highest BCUT2D eigenvalue weighted by molar-refractivity contribution is 6.15. The molecule has 1 aliphatic heterocycles. The molecule has 1 aliphatic rings. The molecule has 0 spiro atoms. The minimum Gasteiger partial charge on any atom is -0.495 e. The lowest BCUT2D eigenvalue weighted by Gasteiger charge is -2.34. The molecule has 1 heterocycles. The number of carbonyl (C=O) groups is 2. The largest absolute Gasteiger partial charge is 0.495 e. The number of allylic oxidation sites excluding steroid dienone is 2. The van der Waals surface area contributed by atoms with E-state index < -0.39 is 11.8 Å². The standard InChI is InChI=1S/C29H29N3O4/c1-18-25(28(30)33)27(20-12-6-5-7-13-20)26(19(2)31-18)29(34)32(21-14-8-10-16-23(21)35-3)22-15-9-11-17-24(22)36-4/h5-17,27,31H,1-4H3,(H2,30,33). The third kappa shape index (κ3) is 4.43. The number of amides is 2. The molecular weight excluding hydrogens is 454 g/mol. The van der Waals surface area contributed by atoms with Gasteiger partial charge in [0.2, 0.25) is 5.91 Å². The van der Waals surface area contributed by atoms with Crippen molar-refractivity contribution < 1.29 is 19.1 Å². The lowest BCUT2D eigenvalue weighted by Crippen LogP contribution is -2.38. The second-order valence-corrected chi connectivity index (χ2v) is 8.39. The van der Waals surface area contributed by atoms with E-state index in [9.17, 15) is 9.59 Å². The highest BCUT2D eigenvalue weighted by Gasteiger charge is 2.39. The monoisotopic (exact) mass is 483 g/mol. The summed E-state index contributed by atoms with van der Waals surface area (Å²) >= 11 is 0. The molecule has 0 saturated heterocycles.